The zero-order chi connectivity index (χ0) is 15.0. The van der Waals surface area contributed by atoms with Gasteiger partial charge in [0.15, 0.2) is 0 Å². The Balaban J connectivity index is 2.93. The number of rotatable bonds is 6. The lowest BCUT2D eigenvalue weighted by Gasteiger charge is -2.20. The summed E-state index contributed by atoms with van der Waals surface area (Å²) in [5.74, 6) is 4.48. The van der Waals surface area contributed by atoms with Crippen molar-refractivity contribution >= 4 is 23.2 Å². The summed E-state index contributed by atoms with van der Waals surface area (Å²) in [6, 6.07) is 1.73. The molecule has 0 saturated heterocycles. The third kappa shape index (κ3) is 4.68. The Labute approximate surface area is 122 Å². The van der Waals surface area contributed by atoms with Crippen LogP contribution in [-0.2, 0) is 4.79 Å². The molecular formula is C14H18N2O3S. The van der Waals surface area contributed by atoms with E-state index in [1.54, 1.807) is 11.4 Å². The van der Waals surface area contributed by atoms with Gasteiger partial charge in [-0.05, 0) is 17.9 Å². The number of aliphatic hydroxyl groups excluding tert-OH is 1. The van der Waals surface area contributed by atoms with Gasteiger partial charge in [-0.2, -0.15) is 0 Å². The lowest BCUT2D eigenvalue weighted by Crippen LogP contribution is -2.39. The van der Waals surface area contributed by atoms with E-state index in [0.717, 1.165) is 12.8 Å². The molecular weight excluding hydrogens is 276 g/mol. The minimum atomic E-state index is -0.533. The van der Waals surface area contributed by atoms with Gasteiger partial charge in [0.05, 0.1) is 6.54 Å². The zero-order valence-electron chi connectivity index (χ0n) is 11.4. The smallest absolute Gasteiger partial charge is 0.265 e. The van der Waals surface area contributed by atoms with E-state index >= 15 is 0 Å². The molecule has 1 rings (SSSR count). The van der Waals surface area contributed by atoms with Gasteiger partial charge in [-0.25, -0.2) is 0 Å². The van der Waals surface area contributed by atoms with Gasteiger partial charge in [-0.15, -0.1) is 11.3 Å². The Kier molecular flexibility index (Phi) is 6.77. The summed E-state index contributed by atoms with van der Waals surface area (Å²) in [5, 5.41) is 10.5. The van der Waals surface area contributed by atoms with E-state index in [1.807, 2.05) is 6.92 Å². The van der Waals surface area contributed by atoms with Gasteiger partial charge in [0.25, 0.3) is 5.91 Å². The monoisotopic (exact) mass is 294 g/mol. The van der Waals surface area contributed by atoms with Crippen LogP contribution in [0.1, 0.15) is 35.0 Å². The number of hydrogen-bond acceptors (Lipinski definition) is 4. The molecule has 108 valence electrons. The molecule has 6 heteroatoms. The van der Waals surface area contributed by atoms with Crippen molar-refractivity contribution in [1.29, 1.82) is 0 Å². The molecule has 20 heavy (non-hydrogen) atoms. The number of aliphatic hydroxyl groups is 1. The van der Waals surface area contributed by atoms with Crippen molar-refractivity contribution < 1.29 is 14.7 Å². The highest BCUT2D eigenvalue weighted by atomic mass is 32.1. The van der Waals surface area contributed by atoms with Crippen LogP contribution in [0.25, 0.3) is 0 Å². The highest BCUT2D eigenvalue weighted by Gasteiger charge is 2.20. The van der Waals surface area contributed by atoms with Crippen LogP contribution in [0.4, 0.5) is 0 Å². The lowest BCUT2D eigenvalue weighted by atomic mass is 10.2. The van der Waals surface area contributed by atoms with Crippen molar-refractivity contribution in [2.24, 2.45) is 5.73 Å². The van der Waals surface area contributed by atoms with Gasteiger partial charge >= 0.3 is 0 Å². The summed E-state index contributed by atoms with van der Waals surface area (Å²) in [6.07, 6.45) is 1.73. The highest BCUT2D eigenvalue weighted by molar-refractivity contribution is 7.12. The van der Waals surface area contributed by atoms with E-state index < -0.39 is 5.91 Å². The lowest BCUT2D eigenvalue weighted by molar-refractivity contribution is -0.118. The fraction of sp³-hybridized carbons (Fsp3) is 0.429. The molecule has 0 saturated carbocycles. The Morgan fingerprint density at radius 2 is 2.25 bits per heavy atom. The van der Waals surface area contributed by atoms with E-state index in [4.69, 9.17) is 10.8 Å². The minimum Gasteiger partial charge on any atom is -0.384 e. The van der Waals surface area contributed by atoms with Crippen LogP contribution in [0.2, 0.25) is 0 Å². The maximum atomic E-state index is 12.4. The zero-order valence-corrected chi connectivity index (χ0v) is 12.2. The molecule has 0 aliphatic rings. The third-order valence-corrected chi connectivity index (χ3v) is 3.48. The van der Waals surface area contributed by atoms with Crippen LogP contribution in [-0.4, -0.2) is 41.5 Å². The Hall–Kier alpha value is -1.84. The standard InChI is InChI=1S/C14H18N2O3S/c1-2-3-7-16(10-12(15)18)14(19)13-11(5-4-8-17)6-9-20-13/h6,9,17H,2-3,7-8,10H2,1H3,(H2,15,18). The summed E-state index contributed by atoms with van der Waals surface area (Å²) in [7, 11) is 0. The number of unbranched alkanes of at least 4 members (excludes halogenated alkanes) is 1. The summed E-state index contributed by atoms with van der Waals surface area (Å²) < 4.78 is 0. The van der Waals surface area contributed by atoms with Crippen LogP contribution >= 0.6 is 11.3 Å². The van der Waals surface area contributed by atoms with Gasteiger partial charge in [0.2, 0.25) is 5.91 Å². The van der Waals surface area contributed by atoms with E-state index in [1.165, 1.54) is 16.2 Å². The molecule has 0 radical (unpaired) electrons. The number of carbonyl (C=O) groups is 2. The number of hydrogen-bond donors (Lipinski definition) is 2. The molecule has 0 bridgehead atoms. The highest BCUT2D eigenvalue weighted by Crippen LogP contribution is 2.18. The number of primary amides is 1. The van der Waals surface area contributed by atoms with Crippen molar-refractivity contribution in [1.82, 2.24) is 4.90 Å². The maximum Gasteiger partial charge on any atom is 0.265 e. The first-order valence-corrected chi connectivity index (χ1v) is 7.22. The van der Waals surface area contributed by atoms with Crippen molar-refractivity contribution in [2.75, 3.05) is 19.7 Å². The van der Waals surface area contributed by atoms with Crippen LogP contribution in [0, 0.1) is 11.8 Å². The first-order chi connectivity index (χ1) is 9.60. The van der Waals surface area contributed by atoms with E-state index in [9.17, 15) is 9.59 Å². The predicted octanol–water partition coefficient (Wildman–Crippen LogP) is 0.820. The second kappa shape index (κ2) is 8.35. The predicted molar refractivity (Wildman–Crippen MR) is 78.3 cm³/mol. The van der Waals surface area contributed by atoms with Crippen LogP contribution in [0.3, 0.4) is 0 Å². The molecule has 0 atom stereocenters. The van der Waals surface area contributed by atoms with Crippen molar-refractivity contribution in [2.45, 2.75) is 19.8 Å². The molecule has 0 unspecified atom stereocenters. The van der Waals surface area contributed by atoms with Gasteiger partial charge in [0, 0.05) is 12.1 Å². The SMILES string of the molecule is CCCCN(CC(N)=O)C(=O)c1sccc1C#CCO. The van der Waals surface area contributed by atoms with Crippen LogP contribution in [0.5, 0.6) is 0 Å². The fourth-order valence-corrected chi connectivity index (χ4v) is 2.46. The fourth-order valence-electron chi connectivity index (χ4n) is 1.64. The average Bonchev–Trinajstić information content (AvgIpc) is 2.88. The second-order valence-corrected chi connectivity index (χ2v) is 5.09. The van der Waals surface area contributed by atoms with E-state index in [2.05, 4.69) is 11.8 Å². The Bertz CT molecular complexity index is 528. The molecule has 0 aliphatic heterocycles. The van der Waals surface area contributed by atoms with Gasteiger partial charge in [-0.1, -0.05) is 25.2 Å². The Morgan fingerprint density at radius 1 is 1.50 bits per heavy atom. The van der Waals surface area contributed by atoms with Gasteiger partial charge in [-0.3, -0.25) is 9.59 Å². The molecule has 3 N–H and O–H groups in total. The van der Waals surface area contributed by atoms with E-state index in [0.29, 0.717) is 17.0 Å². The van der Waals surface area contributed by atoms with Gasteiger partial charge in [0.1, 0.15) is 11.5 Å². The molecule has 1 aromatic rings. The summed E-state index contributed by atoms with van der Waals surface area (Å²) in [6.45, 7) is 2.15. The average molecular weight is 294 g/mol. The molecule has 2 amide bonds. The summed E-state index contributed by atoms with van der Waals surface area (Å²) >= 11 is 1.27. The van der Waals surface area contributed by atoms with Crippen molar-refractivity contribution in [3.63, 3.8) is 0 Å². The number of carbonyl (C=O) groups excluding carboxylic acids is 2. The van der Waals surface area contributed by atoms with Crippen molar-refractivity contribution in [3.8, 4) is 11.8 Å². The minimum absolute atomic E-state index is 0.0936. The molecule has 0 aromatic carbocycles. The maximum absolute atomic E-state index is 12.4. The molecule has 5 nitrogen and oxygen atoms in total. The molecule has 1 heterocycles. The molecule has 0 aliphatic carbocycles. The summed E-state index contributed by atoms with van der Waals surface area (Å²) in [5.41, 5.74) is 5.75. The molecule has 0 fully saturated rings. The summed E-state index contributed by atoms with van der Waals surface area (Å²) in [4.78, 5) is 25.4. The van der Waals surface area contributed by atoms with Crippen LogP contribution in [0.15, 0.2) is 11.4 Å². The topological polar surface area (TPSA) is 83.6 Å². The van der Waals surface area contributed by atoms with Gasteiger partial charge < -0.3 is 15.7 Å². The number of thiophene rings is 1. The first kappa shape index (κ1) is 16.2. The van der Waals surface area contributed by atoms with E-state index in [-0.39, 0.29) is 19.1 Å². The number of amides is 2. The Morgan fingerprint density at radius 3 is 2.85 bits per heavy atom. The normalized spacial score (nSPS) is 9.70. The number of nitrogens with two attached hydrogens (primary N) is 1. The second-order valence-electron chi connectivity index (χ2n) is 4.17. The molecule has 1 aromatic heterocycles. The van der Waals surface area contributed by atoms with Crippen LogP contribution < -0.4 is 5.73 Å². The van der Waals surface area contributed by atoms with Crippen molar-refractivity contribution in [3.05, 3.63) is 21.9 Å². The molecule has 0 spiro atoms. The first-order valence-electron chi connectivity index (χ1n) is 6.35. The number of nitrogens with zero attached hydrogens (tertiary/aromatic N) is 1. The third-order valence-electron chi connectivity index (χ3n) is 2.58. The largest absolute Gasteiger partial charge is 0.384 e. The quantitative estimate of drug-likeness (QED) is 0.762.